The molecular weight excluding hydrogens is 841 g/mol. The summed E-state index contributed by atoms with van der Waals surface area (Å²) in [6.45, 7) is 6.28. The Hall–Kier alpha value is -4.45. The third-order valence-corrected chi connectivity index (χ3v) is 11.1. The molecule has 0 fully saturated rings. The number of unbranched alkanes of at least 4 members (excludes halogenated alkanes) is 22. The van der Waals surface area contributed by atoms with E-state index in [1.165, 1.54) is 70.6 Å². The summed E-state index contributed by atoms with van der Waals surface area (Å²) in [6.07, 6.45) is 77.2. The first-order valence-corrected chi connectivity index (χ1v) is 27.3. The molecule has 382 valence electrons. The van der Waals surface area contributed by atoms with Crippen LogP contribution in [0.25, 0.3) is 0 Å². The average Bonchev–Trinajstić information content (AvgIpc) is 3.34. The molecule has 0 aromatic carbocycles. The number of rotatable bonds is 47. The standard InChI is InChI=1S/C62H98O6/c1-4-7-10-13-16-19-22-25-27-29-31-33-34-37-40-43-46-49-52-55-61(64)67-58-59(57-66-60(63)54-51-48-45-42-39-36-24-21-18-15-12-9-6-3)68-62(65)56-53-50-47-44-41-38-35-32-30-28-26-23-20-17-14-11-8-5-2/h7,9-10,12-13,15-16,18-19,21-22,24-25,27,29,31-35,37,40,59H,4-6,8,11,14,17,20,23,26,28,30,36,38-39,41-58H2,1-3H3/b10-7+,12-9+,16-13+,18-15+,22-19+,24-21+,27-25+,31-29+,34-33+,35-32+,40-37+. The third kappa shape index (κ3) is 52.5. The summed E-state index contributed by atoms with van der Waals surface area (Å²) in [7, 11) is 0. The number of carbonyl (C=O) groups excluding carboxylic acids is 3. The van der Waals surface area contributed by atoms with Crippen LogP contribution in [0.3, 0.4) is 0 Å². The van der Waals surface area contributed by atoms with Crippen LogP contribution in [0, 0.1) is 0 Å². The minimum absolute atomic E-state index is 0.112. The minimum atomic E-state index is -0.815. The fourth-order valence-electron chi connectivity index (χ4n) is 7.07. The van der Waals surface area contributed by atoms with Gasteiger partial charge in [-0.2, -0.15) is 0 Å². The van der Waals surface area contributed by atoms with Gasteiger partial charge in [-0.25, -0.2) is 0 Å². The third-order valence-electron chi connectivity index (χ3n) is 11.1. The van der Waals surface area contributed by atoms with Crippen LogP contribution >= 0.6 is 0 Å². The molecular formula is C62H98O6. The number of hydrogen-bond donors (Lipinski definition) is 0. The van der Waals surface area contributed by atoms with Gasteiger partial charge in [0.25, 0.3) is 0 Å². The number of esters is 3. The molecule has 6 heteroatoms. The second-order valence-electron chi connectivity index (χ2n) is 17.6. The molecule has 1 unspecified atom stereocenters. The molecule has 0 rings (SSSR count). The van der Waals surface area contributed by atoms with E-state index in [1.54, 1.807) is 0 Å². The van der Waals surface area contributed by atoms with Gasteiger partial charge in [0.1, 0.15) is 13.2 Å². The van der Waals surface area contributed by atoms with Crippen molar-refractivity contribution < 1.29 is 28.6 Å². The highest BCUT2D eigenvalue weighted by Gasteiger charge is 2.19. The molecule has 0 bridgehead atoms. The highest BCUT2D eigenvalue weighted by atomic mass is 16.6. The van der Waals surface area contributed by atoms with E-state index in [1.807, 2.05) is 72.9 Å². The van der Waals surface area contributed by atoms with Crippen LogP contribution in [-0.4, -0.2) is 37.2 Å². The maximum Gasteiger partial charge on any atom is 0.306 e. The van der Waals surface area contributed by atoms with Crippen molar-refractivity contribution in [3.63, 3.8) is 0 Å². The fourth-order valence-corrected chi connectivity index (χ4v) is 7.07. The summed E-state index contributed by atoms with van der Waals surface area (Å²) < 4.78 is 16.8. The van der Waals surface area contributed by atoms with Crippen LogP contribution in [0.5, 0.6) is 0 Å². The maximum absolute atomic E-state index is 12.8. The van der Waals surface area contributed by atoms with E-state index in [0.29, 0.717) is 19.3 Å². The Bertz CT molecular complexity index is 1500. The lowest BCUT2D eigenvalue weighted by molar-refractivity contribution is -0.167. The Kier molecular flexibility index (Phi) is 51.5. The summed E-state index contributed by atoms with van der Waals surface area (Å²) in [5, 5.41) is 0. The van der Waals surface area contributed by atoms with Gasteiger partial charge in [0.2, 0.25) is 0 Å². The molecule has 0 aromatic heterocycles. The van der Waals surface area contributed by atoms with Crippen molar-refractivity contribution in [1.82, 2.24) is 0 Å². The zero-order chi connectivity index (χ0) is 49.3. The number of allylic oxidation sites excluding steroid dienone is 22. The Labute approximate surface area is 417 Å². The number of carbonyl (C=O) groups is 3. The minimum Gasteiger partial charge on any atom is -0.462 e. The quantitative estimate of drug-likeness (QED) is 0.0199. The lowest BCUT2D eigenvalue weighted by atomic mass is 10.1. The normalized spacial score (nSPS) is 13.2. The zero-order valence-electron chi connectivity index (χ0n) is 43.6. The van der Waals surface area contributed by atoms with Crippen molar-refractivity contribution in [2.45, 2.75) is 226 Å². The summed E-state index contributed by atoms with van der Waals surface area (Å²) >= 11 is 0. The van der Waals surface area contributed by atoms with Gasteiger partial charge in [-0.3, -0.25) is 14.4 Å². The van der Waals surface area contributed by atoms with E-state index in [4.69, 9.17) is 14.2 Å². The predicted molar refractivity (Wildman–Crippen MR) is 292 cm³/mol. The van der Waals surface area contributed by atoms with E-state index < -0.39 is 6.10 Å². The fraction of sp³-hybridized carbons (Fsp3) is 0.597. The molecule has 0 aromatic rings. The Morgan fingerprint density at radius 3 is 0.956 bits per heavy atom. The Balaban J connectivity index is 4.54. The molecule has 0 amide bonds. The van der Waals surface area contributed by atoms with Gasteiger partial charge in [0.15, 0.2) is 6.10 Å². The maximum atomic E-state index is 12.8. The molecule has 0 aliphatic heterocycles. The first kappa shape index (κ1) is 63.5. The average molecular weight is 939 g/mol. The van der Waals surface area contributed by atoms with Crippen molar-refractivity contribution in [3.05, 3.63) is 134 Å². The lowest BCUT2D eigenvalue weighted by Crippen LogP contribution is -2.30. The highest BCUT2D eigenvalue weighted by Crippen LogP contribution is 2.14. The highest BCUT2D eigenvalue weighted by molar-refractivity contribution is 5.71. The Morgan fingerprint density at radius 2 is 0.588 bits per heavy atom. The van der Waals surface area contributed by atoms with E-state index >= 15 is 0 Å². The topological polar surface area (TPSA) is 78.9 Å². The van der Waals surface area contributed by atoms with Gasteiger partial charge in [0.05, 0.1) is 0 Å². The molecule has 0 aliphatic carbocycles. The summed E-state index contributed by atoms with van der Waals surface area (Å²) in [6, 6.07) is 0. The predicted octanol–water partition coefficient (Wildman–Crippen LogP) is 18.3. The van der Waals surface area contributed by atoms with Crippen LogP contribution in [0.1, 0.15) is 220 Å². The molecule has 0 spiro atoms. The molecule has 0 saturated carbocycles. The van der Waals surface area contributed by atoms with Gasteiger partial charge in [-0.1, -0.05) is 251 Å². The van der Waals surface area contributed by atoms with Gasteiger partial charge in [-0.05, 0) is 83.5 Å². The van der Waals surface area contributed by atoms with Crippen LogP contribution in [0.2, 0.25) is 0 Å². The lowest BCUT2D eigenvalue weighted by Gasteiger charge is -2.18. The van der Waals surface area contributed by atoms with Crippen LogP contribution in [0.4, 0.5) is 0 Å². The number of ether oxygens (including phenoxy) is 3. The van der Waals surface area contributed by atoms with E-state index in [9.17, 15) is 14.4 Å². The van der Waals surface area contributed by atoms with Crippen molar-refractivity contribution in [2.24, 2.45) is 0 Å². The summed E-state index contributed by atoms with van der Waals surface area (Å²) in [5.41, 5.74) is 0. The first-order valence-electron chi connectivity index (χ1n) is 27.3. The Morgan fingerprint density at radius 1 is 0.309 bits per heavy atom. The van der Waals surface area contributed by atoms with E-state index in [-0.39, 0.29) is 31.1 Å². The van der Waals surface area contributed by atoms with Gasteiger partial charge in [0, 0.05) is 19.3 Å². The first-order chi connectivity index (χ1) is 33.5. The van der Waals surface area contributed by atoms with Crippen LogP contribution in [0.15, 0.2) is 134 Å². The SMILES string of the molecule is CC/C=C/C=C/C=C/C=C/C=C/C=C/C=C/CCCCCC(=O)OCC(COC(=O)CCCCCCC/C=C/C=C/C=C/CC)OC(=O)CCCCCCC/C=C/CCCCCCCCCCC. The van der Waals surface area contributed by atoms with Crippen molar-refractivity contribution in [2.75, 3.05) is 13.2 Å². The molecule has 0 heterocycles. The molecule has 0 N–H and O–H groups in total. The molecule has 0 radical (unpaired) electrons. The molecule has 0 saturated heterocycles. The van der Waals surface area contributed by atoms with E-state index in [0.717, 1.165) is 109 Å². The summed E-state index contributed by atoms with van der Waals surface area (Å²) in [5.74, 6) is -0.991. The van der Waals surface area contributed by atoms with Crippen LogP contribution in [-0.2, 0) is 28.6 Å². The van der Waals surface area contributed by atoms with Crippen molar-refractivity contribution in [1.29, 1.82) is 0 Å². The van der Waals surface area contributed by atoms with Gasteiger partial charge in [-0.15, -0.1) is 0 Å². The molecule has 1 atom stereocenters. The monoisotopic (exact) mass is 939 g/mol. The molecule has 0 aliphatic rings. The zero-order valence-corrected chi connectivity index (χ0v) is 43.6. The van der Waals surface area contributed by atoms with E-state index in [2.05, 4.69) is 81.5 Å². The van der Waals surface area contributed by atoms with Crippen molar-refractivity contribution >= 4 is 17.9 Å². The summed E-state index contributed by atoms with van der Waals surface area (Å²) in [4.78, 5) is 38.1. The van der Waals surface area contributed by atoms with Crippen LogP contribution < -0.4 is 0 Å². The molecule has 6 nitrogen and oxygen atoms in total. The second-order valence-corrected chi connectivity index (χ2v) is 17.6. The second kappa shape index (κ2) is 55.1. The molecule has 68 heavy (non-hydrogen) atoms. The van der Waals surface area contributed by atoms with Gasteiger partial charge >= 0.3 is 17.9 Å². The van der Waals surface area contributed by atoms with Crippen molar-refractivity contribution in [3.8, 4) is 0 Å². The van der Waals surface area contributed by atoms with Gasteiger partial charge < -0.3 is 14.2 Å². The smallest absolute Gasteiger partial charge is 0.306 e. The largest absolute Gasteiger partial charge is 0.462 e. The number of hydrogen-bond acceptors (Lipinski definition) is 6.